The minimum Gasteiger partial charge on any atom is -0.496 e. The van der Waals surface area contributed by atoms with Gasteiger partial charge in [0.1, 0.15) is 33.9 Å². The van der Waals surface area contributed by atoms with Crippen LogP contribution < -0.4 is 28.4 Å². The van der Waals surface area contributed by atoms with Crippen LogP contribution in [0.25, 0.3) is 14.5 Å². The first kappa shape index (κ1) is 57.1. The van der Waals surface area contributed by atoms with Crippen LogP contribution in [-0.4, -0.2) is 39.2 Å². The van der Waals surface area contributed by atoms with Crippen molar-refractivity contribution in [3.63, 3.8) is 0 Å². The zero-order chi connectivity index (χ0) is 51.4. The highest BCUT2D eigenvalue weighted by Gasteiger charge is 2.26. The van der Waals surface area contributed by atoms with E-state index in [-0.39, 0.29) is 59.0 Å². The van der Waals surface area contributed by atoms with Gasteiger partial charge in [0.2, 0.25) is 0 Å². The van der Waals surface area contributed by atoms with E-state index >= 15 is 0 Å². The molecule has 354 valence electrons. The van der Waals surface area contributed by atoms with Crippen LogP contribution in [-0.2, 0) is 0 Å². The Labute approximate surface area is 466 Å². The Bertz CT molecular complexity index is 2760. The maximum atomic E-state index is 12.6. The number of aryl methyl sites for hydroxylation is 3. The van der Waals surface area contributed by atoms with Gasteiger partial charge in [0.05, 0.1) is 75.1 Å². The van der Waals surface area contributed by atoms with Gasteiger partial charge in [-0.15, -0.1) is 0 Å². The van der Waals surface area contributed by atoms with Crippen molar-refractivity contribution < 1.29 is 42.8 Å². The number of carbonyl (C=O) groups is 3. The molecular weight excluding hydrogens is 1350 g/mol. The number of nitrogens with zero attached hydrogens (tertiary/aromatic N) is 3. The monoisotopic (exact) mass is 1380 g/mol. The third kappa shape index (κ3) is 14.1. The SMILES string of the molecule is [C-]#[N+]c1cc(Br)c(OC(=O)c2c(Cl)ccc(C)c2OC)c(Br)c1.[C-]#[N+]c1cc(Cl)c(OC(=O)c2c(Cl)ccc(C)c2OC)c(Cl)c1.[C-]#[N+]c1cc(I)c(OC(=O)c2c(Cl)ccc(C)c2OC)c(I)c1. The molecule has 12 nitrogen and oxygen atoms in total. The number of hydrogen-bond acceptors (Lipinski definition) is 9. The number of carbonyl (C=O) groups excluding carboxylic acids is 3. The highest BCUT2D eigenvalue weighted by molar-refractivity contribution is 14.1. The lowest BCUT2D eigenvalue weighted by molar-refractivity contribution is 0.0719. The molecule has 0 aliphatic carbocycles. The van der Waals surface area contributed by atoms with Gasteiger partial charge in [-0.3, -0.25) is 0 Å². The Hall–Kier alpha value is -4.53. The van der Waals surface area contributed by atoms with Crippen molar-refractivity contribution in [2.45, 2.75) is 20.8 Å². The number of rotatable bonds is 9. The first-order chi connectivity index (χ1) is 32.7. The summed E-state index contributed by atoms with van der Waals surface area (Å²) < 4.78 is 34.3. The molecule has 0 heterocycles. The van der Waals surface area contributed by atoms with Crippen molar-refractivity contribution in [3.8, 4) is 34.5 Å². The van der Waals surface area contributed by atoms with Gasteiger partial charge >= 0.3 is 17.9 Å². The summed E-state index contributed by atoms with van der Waals surface area (Å²) in [7, 11) is 4.37. The average Bonchev–Trinajstić information content (AvgIpc) is 3.31. The van der Waals surface area contributed by atoms with Gasteiger partial charge in [-0.2, -0.15) is 0 Å². The molecule has 0 amide bonds. The van der Waals surface area contributed by atoms with Crippen LogP contribution in [0.4, 0.5) is 17.1 Å². The fourth-order valence-electron chi connectivity index (χ4n) is 5.91. The van der Waals surface area contributed by atoms with E-state index in [1.807, 2.05) is 59.0 Å². The molecule has 0 fully saturated rings. The topological polar surface area (TPSA) is 120 Å². The molecule has 0 N–H and O–H groups in total. The van der Waals surface area contributed by atoms with Gasteiger partial charge in [0.15, 0.2) is 34.3 Å². The summed E-state index contributed by atoms with van der Waals surface area (Å²) in [5.74, 6) is -0.287. The lowest BCUT2D eigenvalue weighted by Gasteiger charge is -2.14. The van der Waals surface area contributed by atoms with E-state index in [0.29, 0.717) is 50.5 Å². The first-order valence-corrected chi connectivity index (χ1v) is 24.5. The van der Waals surface area contributed by atoms with Gasteiger partial charge in [-0.25, -0.2) is 28.9 Å². The largest absolute Gasteiger partial charge is 0.496 e. The number of hydrogen-bond donors (Lipinski definition) is 0. The summed E-state index contributed by atoms with van der Waals surface area (Å²) >= 11 is 41.0. The Kier molecular flexibility index (Phi) is 21.6. The second-order valence-electron chi connectivity index (χ2n) is 13.5. The predicted molar refractivity (Wildman–Crippen MR) is 292 cm³/mol. The summed E-state index contributed by atoms with van der Waals surface area (Å²) in [6, 6.07) is 19.2. The Balaban J connectivity index is 0.000000225. The quantitative estimate of drug-likeness (QED) is 0.0603. The maximum absolute atomic E-state index is 12.6. The van der Waals surface area contributed by atoms with Crippen molar-refractivity contribution in [2.24, 2.45) is 0 Å². The van der Waals surface area contributed by atoms with E-state index in [9.17, 15) is 14.4 Å². The van der Waals surface area contributed by atoms with E-state index in [1.165, 1.54) is 33.5 Å². The van der Waals surface area contributed by atoms with Crippen LogP contribution in [0.3, 0.4) is 0 Å². The Morgan fingerprint density at radius 2 is 0.739 bits per heavy atom. The minimum absolute atomic E-state index is 0.0367. The van der Waals surface area contributed by atoms with Gasteiger partial charge in [-0.1, -0.05) is 76.2 Å². The number of halogens is 9. The van der Waals surface area contributed by atoms with Crippen LogP contribution in [0, 0.1) is 47.6 Å². The molecule has 69 heavy (non-hydrogen) atoms. The first-order valence-electron chi connectivity index (χ1n) is 18.9. The molecule has 0 aliphatic heterocycles. The summed E-state index contributed by atoms with van der Waals surface area (Å²) in [6.07, 6.45) is 0. The van der Waals surface area contributed by atoms with Crippen molar-refractivity contribution in [1.29, 1.82) is 0 Å². The van der Waals surface area contributed by atoms with Crippen LogP contribution in [0.15, 0.2) is 81.7 Å². The molecule has 0 bridgehead atoms. The molecule has 6 aromatic rings. The fourth-order valence-corrected chi connectivity index (χ4v) is 10.4. The molecule has 0 saturated carbocycles. The molecule has 0 spiro atoms. The molecule has 0 atom stereocenters. The minimum atomic E-state index is -0.755. The zero-order valence-corrected chi connectivity index (χ0v) is 47.6. The number of benzene rings is 6. The van der Waals surface area contributed by atoms with Crippen LogP contribution in [0.1, 0.15) is 47.8 Å². The van der Waals surface area contributed by atoms with Crippen molar-refractivity contribution >= 4 is 170 Å². The highest BCUT2D eigenvalue weighted by atomic mass is 127. The van der Waals surface area contributed by atoms with Crippen LogP contribution in [0.2, 0.25) is 25.1 Å². The summed E-state index contributed by atoms with van der Waals surface area (Å²) in [4.78, 5) is 47.5. The molecule has 0 aromatic heterocycles. The van der Waals surface area contributed by atoms with E-state index < -0.39 is 17.9 Å². The second kappa shape index (κ2) is 26.1. The summed E-state index contributed by atoms with van der Waals surface area (Å²) in [5.41, 5.74) is 3.85. The second-order valence-corrected chi connectivity index (χ2v) is 19.6. The van der Waals surface area contributed by atoms with Gasteiger partial charge in [0.25, 0.3) is 0 Å². The molecular formula is C48H30Br2Cl5I2N3O9. The number of methoxy groups -OCH3 is 3. The fraction of sp³-hybridized carbons (Fsp3) is 0.125. The third-order valence-corrected chi connectivity index (χ3v) is 13.3. The third-order valence-electron chi connectivity index (χ3n) is 9.06. The average molecular weight is 1380 g/mol. The van der Waals surface area contributed by atoms with Crippen LogP contribution >= 0.6 is 135 Å². The van der Waals surface area contributed by atoms with Gasteiger partial charge < -0.3 is 28.4 Å². The summed E-state index contributed by atoms with van der Waals surface area (Å²) in [5, 5.41) is 0.796. The van der Waals surface area contributed by atoms with E-state index in [2.05, 4.69) is 46.4 Å². The van der Waals surface area contributed by atoms with Crippen LogP contribution in [0.5, 0.6) is 34.5 Å². The lowest BCUT2D eigenvalue weighted by atomic mass is 10.1. The molecule has 0 unspecified atom stereocenters. The molecule has 0 aliphatic rings. The smallest absolute Gasteiger partial charge is 0.348 e. The molecule has 21 heteroatoms. The standard InChI is InChI=1S/C16H10Br2ClNO3.C16H10Cl3NO3.C16H10ClI2NO3/c1-8-4-5-12(19)13(14(8)22-3)16(21)23-15-10(17)6-9(20-2)7-11(15)18;2*1-8-4-5-10(17)13(14(8)22-3)16(21)23-15-11(18)6-9(20-2)7-12(15)19/h3*4-7H,1,3H3. The number of esters is 3. The summed E-state index contributed by atoms with van der Waals surface area (Å²) in [6.45, 7) is 26.5. The number of ether oxygens (including phenoxy) is 6. The Morgan fingerprint density at radius 3 is 1.06 bits per heavy atom. The normalized spacial score (nSPS) is 10.1. The van der Waals surface area contributed by atoms with Gasteiger partial charge in [0, 0.05) is 7.14 Å². The highest BCUT2D eigenvalue weighted by Crippen LogP contribution is 2.42. The van der Waals surface area contributed by atoms with E-state index in [4.69, 9.17) is 106 Å². The lowest BCUT2D eigenvalue weighted by Crippen LogP contribution is -2.13. The van der Waals surface area contributed by atoms with E-state index in [1.54, 1.807) is 67.6 Å². The van der Waals surface area contributed by atoms with E-state index in [0.717, 1.165) is 16.7 Å². The maximum Gasteiger partial charge on any atom is 0.348 e. The van der Waals surface area contributed by atoms with Gasteiger partial charge in [-0.05, 0) is 169 Å². The van der Waals surface area contributed by atoms with Crippen molar-refractivity contribution in [3.05, 3.63) is 182 Å². The molecule has 6 rings (SSSR count). The molecule has 0 saturated heterocycles. The molecule has 6 aromatic carbocycles. The zero-order valence-electron chi connectivity index (χ0n) is 36.3. The molecule has 0 radical (unpaired) electrons. The predicted octanol–water partition coefficient (Wildman–Crippen LogP) is 17.3. The van der Waals surface area contributed by atoms with Crippen molar-refractivity contribution in [2.75, 3.05) is 21.3 Å². The Morgan fingerprint density at radius 1 is 0.449 bits per heavy atom. The van der Waals surface area contributed by atoms with Crippen molar-refractivity contribution in [1.82, 2.24) is 0 Å².